The minimum Gasteiger partial charge on any atom is -0.308 e. The molecular weight excluding hydrogens is 396 g/mol. The summed E-state index contributed by atoms with van der Waals surface area (Å²) in [7, 11) is 0. The monoisotopic (exact) mass is 411 g/mol. The van der Waals surface area contributed by atoms with Crippen molar-refractivity contribution in [3.63, 3.8) is 0 Å². The second kappa shape index (κ2) is 7.56. The first kappa shape index (κ1) is 18.9. The third-order valence-electron chi connectivity index (χ3n) is 4.56. The number of carbonyl (C=O) groups is 2. The molecule has 0 unspecified atom stereocenters. The normalized spacial score (nSPS) is 13.0. The van der Waals surface area contributed by atoms with E-state index in [-0.39, 0.29) is 41.2 Å². The Morgan fingerprint density at radius 1 is 1.14 bits per heavy atom. The number of anilines is 1. The Bertz CT molecular complexity index is 1110. The summed E-state index contributed by atoms with van der Waals surface area (Å²) in [5.74, 6) is -1.70. The third kappa shape index (κ3) is 3.66. The number of rotatable bonds is 5. The van der Waals surface area contributed by atoms with Gasteiger partial charge in [0.1, 0.15) is 11.6 Å². The van der Waals surface area contributed by atoms with Gasteiger partial charge in [-0.25, -0.2) is 13.8 Å². The topological polar surface area (TPSA) is 62.3 Å². The molecule has 0 aliphatic carbocycles. The maximum absolute atomic E-state index is 13.9. The van der Waals surface area contributed by atoms with Gasteiger partial charge in [0.05, 0.1) is 5.69 Å². The Morgan fingerprint density at radius 2 is 1.90 bits per heavy atom. The largest absolute Gasteiger partial charge is 0.308 e. The first-order chi connectivity index (χ1) is 13.9. The van der Waals surface area contributed by atoms with E-state index in [4.69, 9.17) is 0 Å². The van der Waals surface area contributed by atoms with Crippen LogP contribution in [0.15, 0.2) is 54.4 Å². The van der Waals surface area contributed by atoms with E-state index >= 15 is 0 Å². The molecule has 0 radical (unpaired) electrons. The van der Waals surface area contributed by atoms with Gasteiger partial charge in [-0.05, 0) is 24.3 Å². The molecule has 1 N–H and O–H groups in total. The maximum Gasteiger partial charge on any atom is 0.258 e. The van der Waals surface area contributed by atoms with Gasteiger partial charge < -0.3 is 10.2 Å². The van der Waals surface area contributed by atoms with Gasteiger partial charge in [0.2, 0.25) is 5.91 Å². The van der Waals surface area contributed by atoms with Crippen LogP contribution in [-0.4, -0.2) is 28.2 Å². The molecule has 0 spiro atoms. The summed E-state index contributed by atoms with van der Waals surface area (Å²) in [5, 5.41) is 4.43. The quantitative estimate of drug-likeness (QED) is 0.670. The number of aromatic nitrogens is 1. The first-order valence-electron chi connectivity index (χ1n) is 8.75. The molecule has 0 saturated carbocycles. The van der Waals surface area contributed by atoms with Crippen molar-refractivity contribution in [1.29, 1.82) is 0 Å². The summed E-state index contributed by atoms with van der Waals surface area (Å²) < 4.78 is 27.2. The fourth-order valence-electron chi connectivity index (χ4n) is 3.11. The fourth-order valence-corrected chi connectivity index (χ4v) is 3.84. The highest BCUT2D eigenvalue weighted by atomic mass is 32.1. The molecule has 5 nitrogen and oxygen atoms in total. The lowest BCUT2D eigenvalue weighted by molar-refractivity contribution is -0.116. The van der Waals surface area contributed by atoms with Gasteiger partial charge in [-0.1, -0.05) is 24.8 Å². The third-order valence-corrected chi connectivity index (χ3v) is 5.31. The Morgan fingerprint density at radius 3 is 2.66 bits per heavy atom. The minimum absolute atomic E-state index is 0.0264. The van der Waals surface area contributed by atoms with Crippen LogP contribution in [-0.2, 0) is 4.79 Å². The van der Waals surface area contributed by atoms with Crippen molar-refractivity contribution in [1.82, 2.24) is 9.88 Å². The summed E-state index contributed by atoms with van der Waals surface area (Å²) in [5.41, 5.74) is 2.16. The highest BCUT2D eigenvalue weighted by Crippen LogP contribution is 2.31. The van der Waals surface area contributed by atoms with Crippen molar-refractivity contribution < 1.29 is 18.4 Å². The molecule has 8 heteroatoms. The molecule has 29 heavy (non-hydrogen) atoms. The van der Waals surface area contributed by atoms with Crippen LogP contribution < -0.4 is 5.32 Å². The number of benzene rings is 2. The highest BCUT2D eigenvalue weighted by molar-refractivity contribution is 7.14. The Balaban J connectivity index is 1.39. The van der Waals surface area contributed by atoms with Gasteiger partial charge in [-0.2, -0.15) is 0 Å². The van der Waals surface area contributed by atoms with Crippen molar-refractivity contribution in [2.24, 2.45) is 0 Å². The molecule has 0 fully saturated rings. The van der Waals surface area contributed by atoms with E-state index in [2.05, 4.69) is 16.9 Å². The predicted molar refractivity (Wildman–Crippen MR) is 107 cm³/mol. The molecule has 2 amide bonds. The first-order valence-corrected chi connectivity index (χ1v) is 9.63. The van der Waals surface area contributed by atoms with Gasteiger partial charge in [0.15, 0.2) is 5.13 Å². The molecule has 1 aliphatic heterocycles. The van der Waals surface area contributed by atoms with Crippen LogP contribution in [0.2, 0.25) is 0 Å². The lowest BCUT2D eigenvalue weighted by Crippen LogP contribution is -2.27. The van der Waals surface area contributed by atoms with Crippen LogP contribution in [0.5, 0.6) is 0 Å². The van der Waals surface area contributed by atoms with Crippen LogP contribution in [0.25, 0.3) is 17.0 Å². The van der Waals surface area contributed by atoms with Crippen LogP contribution >= 0.6 is 11.3 Å². The number of hydrogen-bond donors (Lipinski definition) is 1. The molecule has 2 heterocycles. The van der Waals surface area contributed by atoms with E-state index in [9.17, 15) is 18.4 Å². The molecular formula is C21H15F2N3O2S. The predicted octanol–water partition coefficient (Wildman–Crippen LogP) is 4.54. The lowest BCUT2D eigenvalue weighted by atomic mass is 10.1. The van der Waals surface area contributed by atoms with Gasteiger partial charge in [0, 0.05) is 40.7 Å². The molecule has 146 valence electrons. The number of nitrogens with zero attached hydrogens (tertiary/aromatic N) is 2. The van der Waals surface area contributed by atoms with Crippen molar-refractivity contribution in [2.75, 3.05) is 11.9 Å². The van der Waals surface area contributed by atoms with E-state index < -0.39 is 11.6 Å². The number of halogens is 2. The van der Waals surface area contributed by atoms with Gasteiger partial charge >= 0.3 is 0 Å². The Kier molecular flexibility index (Phi) is 4.94. The fraction of sp³-hybridized carbons (Fsp3) is 0.0952. The second-order valence-corrected chi connectivity index (χ2v) is 7.27. The molecule has 4 rings (SSSR count). The molecule has 3 aromatic rings. The minimum atomic E-state index is -0.597. The second-order valence-electron chi connectivity index (χ2n) is 6.41. The van der Waals surface area contributed by atoms with Gasteiger partial charge in [-0.15, -0.1) is 11.3 Å². The molecule has 2 aromatic carbocycles. The van der Waals surface area contributed by atoms with E-state index in [0.29, 0.717) is 11.3 Å². The van der Waals surface area contributed by atoms with Crippen molar-refractivity contribution in [3.8, 4) is 11.3 Å². The van der Waals surface area contributed by atoms with Crippen LogP contribution in [0, 0.1) is 11.6 Å². The number of carbonyl (C=O) groups excluding carboxylic acids is 2. The average molecular weight is 411 g/mol. The zero-order chi connectivity index (χ0) is 20.5. The standard InChI is InChI=1S/C21H15F2N3O2S/c1-12-14-4-2-3-5-15(14)20(28)26(12)9-8-19(27)25-21-24-18(11-29-21)16-10-13(22)6-7-17(16)23/h2-7,10-11H,1,8-9H2,(H,24,25,27). The summed E-state index contributed by atoms with van der Waals surface area (Å²) >= 11 is 1.11. The molecule has 0 bridgehead atoms. The highest BCUT2D eigenvalue weighted by Gasteiger charge is 2.30. The maximum atomic E-state index is 13.9. The van der Waals surface area contributed by atoms with Gasteiger partial charge in [0.25, 0.3) is 5.91 Å². The zero-order valence-corrected chi connectivity index (χ0v) is 15.9. The van der Waals surface area contributed by atoms with E-state index in [1.54, 1.807) is 12.1 Å². The van der Waals surface area contributed by atoms with Gasteiger partial charge in [-0.3, -0.25) is 9.59 Å². The van der Waals surface area contributed by atoms with Crippen LogP contribution in [0.3, 0.4) is 0 Å². The summed E-state index contributed by atoms with van der Waals surface area (Å²) in [6, 6.07) is 10.3. The van der Waals surface area contributed by atoms with Crippen molar-refractivity contribution in [2.45, 2.75) is 6.42 Å². The average Bonchev–Trinajstić information content (AvgIpc) is 3.26. The smallest absolute Gasteiger partial charge is 0.258 e. The lowest BCUT2D eigenvalue weighted by Gasteiger charge is -2.16. The Hall–Kier alpha value is -3.39. The van der Waals surface area contributed by atoms with Crippen LogP contribution in [0.4, 0.5) is 13.9 Å². The van der Waals surface area contributed by atoms with E-state index in [0.717, 1.165) is 35.1 Å². The van der Waals surface area contributed by atoms with E-state index in [1.165, 1.54) is 10.3 Å². The van der Waals surface area contributed by atoms with Crippen molar-refractivity contribution in [3.05, 3.63) is 77.2 Å². The number of fused-ring (bicyclic) bond motifs is 1. The summed E-state index contributed by atoms with van der Waals surface area (Å²) in [4.78, 5) is 30.3. The molecule has 1 aliphatic rings. The van der Waals surface area contributed by atoms with E-state index in [1.807, 2.05) is 12.1 Å². The number of nitrogens with one attached hydrogen (secondary N) is 1. The number of amides is 2. The zero-order valence-electron chi connectivity index (χ0n) is 15.1. The molecule has 1 aromatic heterocycles. The summed E-state index contributed by atoms with van der Waals surface area (Å²) in [6.07, 6.45) is 0.0436. The number of thiazole rings is 1. The van der Waals surface area contributed by atoms with Crippen LogP contribution in [0.1, 0.15) is 22.3 Å². The molecule has 0 atom stereocenters. The summed E-state index contributed by atoms with van der Waals surface area (Å²) in [6.45, 7) is 4.11. The van der Waals surface area contributed by atoms with Crippen molar-refractivity contribution >= 4 is 34.0 Å². The Labute approximate surface area is 169 Å². The number of hydrogen-bond acceptors (Lipinski definition) is 4. The molecule has 0 saturated heterocycles. The SMILES string of the molecule is C=C1c2ccccc2C(=O)N1CCC(=O)Nc1nc(-c2cc(F)ccc2F)cs1.